The Balaban J connectivity index is 2.17. The van der Waals surface area contributed by atoms with Gasteiger partial charge in [0, 0.05) is 18.0 Å². The maximum atomic E-state index is 13.2. The fourth-order valence-corrected chi connectivity index (χ4v) is 3.42. The molecule has 1 aromatic carbocycles. The van der Waals surface area contributed by atoms with Gasteiger partial charge >= 0.3 is 18.4 Å². The molecule has 4 nitrogen and oxygen atoms in total. The van der Waals surface area contributed by atoms with Crippen molar-refractivity contribution >= 4 is 17.0 Å². The maximum absolute atomic E-state index is 13.2. The van der Waals surface area contributed by atoms with Crippen molar-refractivity contribution in [3.63, 3.8) is 0 Å². The van der Waals surface area contributed by atoms with Crippen molar-refractivity contribution in [3.05, 3.63) is 41.1 Å². The van der Waals surface area contributed by atoms with Crippen molar-refractivity contribution in [1.82, 2.24) is 9.88 Å². The lowest BCUT2D eigenvalue weighted by Crippen LogP contribution is -2.35. The number of benzene rings is 1. The number of hydrogen-bond donors (Lipinski definition) is 1. The van der Waals surface area contributed by atoms with Gasteiger partial charge in [0.15, 0.2) is 0 Å². The number of pyridine rings is 1. The summed E-state index contributed by atoms with van der Waals surface area (Å²) in [5.74, 6) is 0. The number of rotatable bonds is 2. The SMILES string of the molecule is O=C(O)N1CCC[C@@H]1Cc1cc(C(F)(F)F)nc2c(C(F)(F)F)cccc12. The van der Waals surface area contributed by atoms with Gasteiger partial charge in [-0.3, -0.25) is 0 Å². The zero-order valence-electron chi connectivity index (χ0n) is 13.7. The fourth-order valence-electron chi connectivity index (χ4n) is 3.42. The van der Waals surface area contributed by atoms with Gasteiger partial charge in [0.05, 0.1) is 11.1 Å². The molecule has 0 bridgehead atoms. The first-order valence-corrected chi connectivity index (χ1v) is 8.05. The van der Waals surface area contributed by atoms with Crippen LogP contribution in [0.5, 0.6) is 0 Å². The first-order valence-electron chi connectivity index (χ1n) is 8.05. The Morgan fingerprint density at radius 1 is 1.19 bits per heavy atom. The Morgan fingerprint density at radius 3 is 2.48 bits per heavy atom. The van der Waals surface area contributed by atoms with Crippen LogP contribution in [0, 0.1) is 0 Å². The number of halogens is 6. The highest BCUT2D eigenvalue weighted by atomic mass is 19.4. The summed E-state index contributed by atoms with van der Waals surface area (Å²) in [4.78, 5) is 15.6. The molecule has 1 saturated heterocycles. The molecule has 0 unspecified atom stereocenters. The predicted molar refractivity (Wildman–Crippen MR) is 83.2 cm³/mol. The van der Waals surface area contributed by atoms with Gasteiger partial charge in [-0.15, -0.1) is 0 Å². The standard InChI is InChI=1S/C17H14F6N2O2/c18-16(19,20)12-5-1-4-11-9(7-10-3-2-6-25(10)15(26)27)8-13(17(21,22)23)24-14(11)12/h1,4-5,8,10H,2-3,6-7H2,(H,26,27)/t10-/m1/s1. The first kappa shape index (κ1) is 19.2. The van der Waals surface area contributed by atoms with E-state index in [1.165, 1.54) is 6.07 Å². The molecule has 0 spiro atoms. The van der Waals surface area contributed by atoms with Gasteiger partial charge in [-0.2, -0.15) is 26.3 Å². The van der Waals surface area contributed by atoms with Gasteiger partial charge in [0.2, 0.25) is 0 Å². The summed E-state index contributed by atoms with van der Waals surface area (Å²) in [5.41, 5.74) is -3.47. The molecule has 146 valence electrons. The third kappa shape index (κ3) is 3.79. The first-order chi connectivity index (χ1) is 12.5. The number of para-hydroxylation sites is 1. The van der Waals surface area contributed by atoms with Crippen LogP contribution >= 0.6 is 0 Å². The second kappa shape index (κ2) is 6.58. The molecule has 0 saturated carbocycles. The molecule has 27 heavy (non-hydrogen) atoms. The van der Waals surface area contributed by atoms with Crippen molar-refractivity contribution in [2.75, 3.05) is 6.54 Å². The van der Waals surface area contributed by atoms with E-state index in [1.54, 1.807) is 0 Å². The summed E-state index contributed by atoms with van der Waals surface area (Å²) < 4.78 is 79.3. The van der Waals surface area contributed by atoms with E-state index in [2.05, 4.69) is 4.98 Å². The van der Waals surface area contributed by atoms with Crippen LogP contribution in [0.3, 0.4) is 0 Å². The van der Waals surface area contributed by atoms with Crippen LogP contribution in [-0.2, 0) is 18.8 Å². The number of hydrogen-bond acceptors (Lipinski definition) is 2. The minimum Gasteiger partial charge on any atom is -0.465 e. The summed E-state index contributed by atoms with van der Waals surface area (Å²) in [6.07, 6.45) is -10.1. The Bertz CT molecular complexity index is 878. The minimum absolute atomic E-state index is 0.00317. The second-order valence-electron chi connectivity index (χ2n) is 6.34. The highest BCUT2D eigenvalue weighted by Crippen LogP contribution is 2.38. The molecule has 3 rings (SSSR count). The molecular formula is C17H14F6N2O2. The van der Waals surface area contributed by atoms with Crippen LogP contribution in [0.1, 0.15) is 29.7 Å². The van der Waals surface area contributed by atoms with Gasteiger partial charge in [0.25, 0.3) is 0 Å². The van der Waals surface area contributed by atoms with Gasteiger partial charge < -0.3 is 10.0 Å². The highest BCUT2D eigenvalue weighted by molar-refractivity contribution is 5.86. The second-order valence-corrected chi connectivity index (χ2v) is 6.34. The minimum atomic E-state index is -4.93. The molecule has 1 atom stereocenters. The molecule has 1 aliphatic rings. The largest absolute Gasteiger partial charge is 0.465 e. The quantitative estimate of drug-likeness (QED) is 0.736. The average Bonchev–Trinajstić information content (AvgIpc) is 3.00. The number of nitrogens with zero attached hydrogens (tertiary/aromatic N) is 2. The number of carboxylic acid groups (broad SMARTS) is 1. The van der Waals surface area contributed by atoms with E-state index in [-0.39, 0.29) is 23.9 Å². The smallest absolute Gasteiger partial charge is 0.433 e. The molecule has 1 amide bonds. The zero-order valence-corrected chi connectivity index (χ0v) is 13.7. The Labute approximate surface area is 149 Å². The molecule has 0 aliphatic carbocycles. The van der Waals surface area contributed by atoms with Crippen LogP contribution in [0.15, 0.2) is 24.3 Å². The molecule has 10 heteroatoms. The Hall–Kier alpha value is -2.52. The average molecular weight is 392 g/mol. The van der Waals surface area contributed by atoms with Gasteiger partial charge in [-0.1, -0.05) is 12.1 Å². The summed E-state index contributed by atoms with van der Waals surface area (Å²) in [5, 5.41) is 9.13. The van der Waals surface area contributed by atoms with Crippen molar-refractivity contribution in [2.24, 2.45) is 0 Å². The summed E-state index contributed by atoms with van der Waals surface area (Å²) in [6, 6.07) is 3.17. The van der Waals surface area contributed by atoms with Gasteiger partial charge in [0.1, 0.15) is 5.69 Å². The summed E-state index contributed by atoms with van der Waals surface area (Å²) in [7, 11) is 0. The lowest BCUT2D eigenvalue weighted by atomic mass is 9.97. The molecule has 0 radical (unpaired) electrons. The normalized spacial score (nSPS) is 18.3. The number of alkyl halides is 6. The van der Waals surface area contributed by atoms with Crippen LogP contribution in [0.4, 0.5) is 31.1 Å². The molecular weight excluding hydrogens is 378 g/mol. The van der Waals surface area contributed by atoms with Crippen molar-refractivity contribution in [2.45, 2.75) is 37.7 Å². The number of amides is 1. The van der Waals surface area contributed by atoms with Crippen LogP contribution in [-0.4, -0.2) is 33.7 Å². The van der Waals surface area contributed by atoms with Gasteiger partial charge in [-0.25, -0.2) is 9.78 Å². The number of carbonyl (C=O) groups is 1. The maximum Gasteiger partial charge on any atom is 0.433 e. The van der Waals surface area contributed by atoms with E-state index in [4.69, 9.17) is 0 Å². The summed E-state index contributed by atoms with van der Waals surface area (Å²) >= 11 is 0. The monoisotopic (exact) mass is 392 g/mol. The van der Waals surface area contributed by atoms with Crippen LogP contribution in [0.25, 0.3) is 10.9 Å². The Kier molecular flexibility index (Phi) is 4.69. The molecule has 2 aromatic rings. The van der Waals surface area contributed by atoms with E-state index in [0.29, 0.717) is 25.0 Å². The third-order valence-electron chi connectivity index (χ3n) is 4.60. The third-order valence-corrected chi connectivity index (χ3v) is 4.60. The van der Waals surface area contributed by atoms with E-state index in [9.17, 15) is 36.2 Å². The molecule has 2 heterocycles. The van der Waals surface area contributed by atoms with E-state index in [0.717, 1.165) is 11.0 Å². The number of likely N-dealkylation sites (tertiary alicyclic amines) is 1. The van der Waals surface area contributed by atoms with Crippen molar-refractivity contribution in [3.8, 4) is 0 Å². The lowest BCUT2D eigenvalue weighted by molar-refractivity contribution is -0.142. The number of fused-ring (bicyclic) bond motifs is 1. The Morgan fingerprint density at radius 2 is 1.89 bits per heavy atom. The molecule has 1 aliphatic heterocycles. The molecule has 1 N–H and O–H groups in total. The van der Waals surface area contributed by atoms with Gasteiger partial charge in [-0.05, 0) is 37.0 Å². The zero-order chi connectivity index (χ0) is 20.0. The number of aromatic nitrogens is 1. The highest BCUT2D eigenvalue weighted by Gasteiger charge is 2.38. The molecule has 1 aromatic heterocycles. The topological polar surface area (TPSA) is 53.4 Å². The van der Waals surface area contributed by atoms with E-state index < -0.39 is 41.3 Å². The molecule has 1 fully saturated rings. The van der Waals surface area contributed by atoms with E-state index in [1.807, 2.05) is 0 Å². The van der Waals surface area contributed by atoms with Crippen molar-refractivity contribution < 1.29 is 36.2 Å². The summed E-state index contributed by atoms with van der Waals surface area (Å²) in [6.45, 7) is 0.239. The fraction of sp³-hybridized carbons (Fsp3) is 0.412. The van der Waals surface area contributed by atoms with Crippen molar-refractivity contribution in [1.29, 1.82) is 0 Å². The van der Waals surface area contributed by atoms with Crippen LogP contribution in [0.2, 0.25) is 0 Å². The van der Waals surface area contributed by atoms with E-state index >= 15 is 0 Å². The van der Waals surface area contributed by atoms with Crippen LogP contribution < -0.4 is 0 Å². The predicted octanol–water partition coefficient (Wildman–Crippen LogP) is 4.96. The lowest BCUT2D eigenvalue weighted by Gasteiger charge is -2.23.